The van der Waals surface area contributed by atoms with E-state index in [0.717, 1.165) is 0 Å². The minimum Gasteiger partial charge on any atom is -0.495 e. The fraction of sp³-hybridized carbons (Fsp3) is 0.192. The van der Waals surface area contributed by atoms with Gasteiger partial charge in [0.2, 0.25) is 5.91 Å². The first kappa shape index (κ1) is 24.1. The fourth-order valence-corrected chi connectivity index (χ4v) is 3.82. The number of nitrogens with zero attached hydrogens (tertiary/aromatic N) is 1. The van der Waals surface area contributed by atoms with Gasteiger partial charge in [0.1, 0.15) is 17.2 Å². The number of para-hydroxylation sites is 1. The van der Waals surface area contributed by atoms with Crippen LogP contribution in [0.15, 0.2) is 72.8 Å². The Labute approximate surface area is 207 Å². The summed E-state index contributed by atoms with van der Waals surface area (Å²) in [5, 5.41) is 3.10. The molecule has 3 aromatic rings. The van der Waals surface area contributed by atoms with E-state index < -0.39 is 24.4 Å². The Morgan fingerprint density at radius 3 is 2.46 bits per heavy atom. The zero-order chi connectivity index (χ0) is 24.8. The summed E-state index contributed by atoms with van der Waals surface area (Å²) >= 11 is 6.06. The van der Waals surface area contributed by atoms with Gasteiger partial charge in [-0.2, -0.15) is 0 Å². The highest BCUT2D eigenvalue weighted by Crippen LogP contribution is 2.35. The Morgan fingerprint density at radius 2 is 1.74 bits per heavy atom. The van der Waals surface area contributed by atoms with Crippen LogP contribution in [-0.4, -0.2) is 38.0 Å². The van der Waals surface area contributed by atoms with E-state index in [1.165, 1.54) is 12.0 Å². The Balaban J connectivity index is 1.27. The molecule has 0 radical (unpaired) electrons. The second-order valence-electron chi connectivity index (χ2n) is 7.82. The highest BCUT2D eigenvalue weighted by atomic mass is 35.5. The van der Waals surface area contributed by atoms with Crippen molar-refractivity contribution in [1.82, 2.24) is 0 Å². The number of halogens is 1. The predicted molar refractivity (Wildman–Crippen MR) is 131 cm³/mol. The highest BCUT2D eigenvalue weighted by molar-refractivity contribution is 6.31. The van der Waals surface area contributed by atoms with Crippen molar-refractivity contribution in [2.24, 2.45) is 5.92 Å². The molecule has 1 aliphatic rings. The molecular formula is C26H23ClN2O6. The largest absolute Gasteiger partial charge is 0.495 e. The van der Waals surface area contributed by atoms with Crippen molar-refractivity contribution in [2.75, 3.05) is 30.5 Å². The van der Waals surface area contributed by atoms with Crippen LogP contribution in [0.25, 0.3) is 0 Å². The maximum absolute atomic E-state index is 12.5. The Kier molecular flexibility index (Phi) is 7.52. The van der Waals surface area contributed by atoms with Crippen LogP contribution in [0, 0.1) is 5.92 Å². The zero-order valence-corrected chi connectivity index (χ0v) is 19.7. The summed E-state index contributed by atoms with van der Waals surface area (Å²) in [6, 6.07) is 21.0. The minimum atomic E-state index is -0.701. The van der Waals surface area contributed by atoms with E-state index in [1.54, 1.807) is 42.5 Å². The quantitative estimate of drug-likeness (QED) is 0.457. The molecule has 0 saturated carbocycles. The molecule has 1 aliphatic heterocycles. The molecule has 1 N–H and O–H groups in total. The van der Waals surface area contributed by atoms with Crippen molar-refractivity contribution in [3.8, 4) is 17.2 Å². The van der Waals surface area contributed by atoms with Crippen LogP contribution in [0.5, 0.6) is 17.2 Å². The molecule has 8 nitrogen and oxygen atoms in total. The smallest absolute Gasteiger partial charge is 0.311 e. The lowest BCUT2D eigenvalue weighted by molar-refractivity contribution is -0.151. The molecule has 0 aromatic heterocycles. The fourth-order valence-electron chi connectivity index (χ4n) is 3.65. The third-order valence-electron chi connectivity index (χ3n) is 5.35. The van der Waals surface area contributed by atoms with Crippen molar-refractivity contribution in [3.05, 3.63) is 77.8 Å². The van der Waals surface area contributed by atoms with Crippen molar-refractivity contribution in [1.29, 1.82) is 0 Å². The molecule has 9 heteroatoms. The number of hydrogen-bond acceptors (Lipinski definition) is 6. The molecule has 0 unspecified atom stereocenters. The highest BCUT2D eigenvalue weighted by Gasteiger charge is 2.37. The molecule has 1 fully saturated rings. The van der Waals surface area contributed by atoms with Gasteiger partial charge in [-0.05, 0) is 54.6 Å². The SMILES string of the molecule is COc1ccc(Cl)cc1N1C[C@H](C(=O)OCC(=O)Nc2ccc(Oc3ccccc3)cc2)CC1=O. The van der Waals surface area contributed by atoms with Crippen molar-refractivity contribution < 1.29 is 28.6 Å². The lowest BCUT2D eigenvalue weighted by Gasteiger charge is -2.19. The van der Waals surface area contributed by atoms with E-state index in [-0.39, 0.29) is 18.9 Å². The second-order valence-corrected chi connectivity index (χ2v) is 8.25. The lowest BCUT2D eigenvalue weighted by Crippen LogP contribution is -2.28. The van der Waals surface area contributed by atoms with E-state index >= 15 is 0 Å². The standard InChI is InChI=1S/C26H23ClN2O6/c1-33-23-12-7-18(27)14-22(23)29-15-17(13-25(29)31)26(32)34-16-24(30)28-19-8-10-21(11-9-19)35-20-5-3-2-4-6-20/h2-12,14,17H,13,15-16H2,1H3,(H,28,30)/t17-/m1/s1. The van der Waals surface area contributed by atoms with Crippen LogP contribution in [0.1, 0.15) is 6.42 Å². The molecule has 0 aliphatic carbocycles. The third-order valence-corrected chi connectivity index (χ3v) is 5.59. The minimum absolute atomic E-state index is 0.0288. The first-order chi connectivity index (χ1) is 16.9. The summed E-state index contributed by atoms with van der Waals surface area (Å²) in [5.41, 5.74) is 1.01. The van der Waals surface area contributed by atoms with Crippen LogP contribution in [0.2, 0.25) is 5.02 Å². The molecule has 0 bridgehead atoms. The summed E-state index contributed by atoms with van der Waals surface area (Å²) in [7, 11) is 1.49. The number of carbonyl (C=O) groups excluding carboxylic acids is 3. The Morgan fingerprint density at radius 1 is 1.03 bits per heavy atom. The van der Waals surface area contributed by atoms with E-state index in [4.69, 9.17) is 25.8 Å². The number of nitrogens with one attached hydrogen (secondary N) is 1. The van der Waals surface area contributed by atoms with Gasteiger partial charge in [0.05, 0.1) is 18.7 Å². The number of hydrogen-bond donors (Lipinski definition) is 1. The van der Waals surface area contributed by atoms with Crippen LogP contribution >= 0.6 is 11.6 Å². The van der Waals surface area contributed by atoms with Gasteiger partial charge in [-0.15, -0.1) is 0 Å². The maximum Gasteiger partial charge on any atom is 0.311 e. The van der Waals surface area contributed by atoms with Crippen LogP contribution in [0.4, 0.5) is 11.4 Å². The normalized spacial score (nSPS) is 15.0. The van der Waals surface area contributed by atoms with E-state index in [1.807, 2.05) is 30.3 Å². The molecule has 1 saturated heterocycles. The van der Waals surface area contributed by atoms with Crippen LogP contribution < -0.4 is 19.7 Å². The number of carbonyl (C=O) groups is 3. The molecule has 2 amide bonds. The zero-order valence-electron chi connectivity index (χ0n) is 18.9. The maximum atomic E-state index is 12.5. The van der Waals surface area contributed by atoms with Gasteiger partial charge >= 0.3 is 5.97 Å². The molecule has 3 aromatic carbocycles. The van der Waals surface area contributed by atoms with Gasteiger partial charge in [0.15, 0.2) is 6.61 Å². The number of amides is 2. The molecule has 35 heavy (non-hydrogen) atoms. The molecule has 180 valence electrons. The van der Waals surface area contributed by atoms with E-state index in [0.29, 0.717) is 33.6 Å². The van der Waals surface area contributed by atoms with Gasteiger partial charge in [0.25, 0.3) is 5.91 Å². The van der Waals surface area contributed by atoms with Crippen LogP contribution in [-0.2, 0) is 19.1 Å². The average Bonchev–Trinajstić information content (AvgIpc) is 3.26. The van der Waals surface area contributed by atoms with Gasteiger partial charge in [0, 0.05) is 23.7 Å². The molecule has 1 heterocycles. The number of rotatable bonds is 8. The molecular weight excluding hydrogens is 472 g/mol. The first-order valence-corrected chi connectivity index (χ1v) is 11.2. The number of anilines is 2. The van der Waals surface area contributed by atoms with Gasteiger partial charge < -0.3 is 24.4 Å². The number of esters is 1. The lowest BCUT2D eigenvalue weighted by atomic mass is 10.1. The molecule has 1 atom stereocenters. The summed E-state index contributed by atoms with van der Waals surface area (Å²) in [6.45, 7) is -0.356. The Bertz CT molecular complexity index is 1220. The molecule has 4 rings (SSSR count). The topological polar surface area (TPSA) is 94.2 Å². The average molecular weight is 495 g/mol. The first-order valence-electron chi connectivity index (χ1n) is 10.9. The number of ether oxygens (including phenoxy) is 3. The molecule has 0 spiro atoms. The summed E-state index contributed by atoms with van der Waals surface area (Å²) in [4.78, 5) is 38.7. The third kappa shape index (κ3) is 6.10. The monoisotopic (exact) mass is 494 g/mol. The summed E-state index contributed by atoms with van der Waals surface area (Å²) in [5.74, 6) is -0.280. The second kappa shape index (κ2) is 10.9. The van der Waals surface area contributed by atoms with Gasteiger partial charge in [-0.3, -0.25) is 14.4 Å². The van der Waals surface area contributed by atoms with Gasteiger partial charge in [-0.1, -0.05) is 29.8 Å². The predicted octanol–water partition coefficient (Wildman–Crippen LogP) is 4.68. The van der Waals surface area contributed by atoms with E-state index in [9.17, 15) is 14.4 Å². The summed E-state index contributed by atoms with van der Waals surface area (Å²) in [6.07, 6.45) is -0.0288. The van der Waals surface area contributed by atoms with Gasteiger partial charge in [-0.25, -0.2) is 0 Å². The van der Waals surface area contributed by atoms with Crippen molar-refractivity contribution >= 4 is 40.8 Å². The van der Waals surface area contributed by atoms with Crippen molar-refractivity contribution in [2.45, 2.75) is 6.42 Å². The summed E-state index contributed by atoms with van der Waals surface area (Å²) < 4.78 is 16.2. The van der Waals surface area contributed by atoms with Crippen molar-refractivity contribution in [3.63, 3.8) is 0 Å². The van der Waals surface area contributed by atoms with E-state index in [2.05, 4.69) is 5.32 Å². The van der Waals surface area contributed by atoms with Crippen LogP contribution in [0.3, 0.4) is 0 Å². The number of benzene rings is 3. The number of methoxy groups -OCH3 is 1. The Hall–Kier alpha value is -4.04.